The Morgan fingerprint density at radius 1 is 1.60 bits per heavy atom. The minimum absolute atomic E-state index is 0.0483. The van der Waals surface area contributed by atoms with Gasteiger partial charge in [-0.1, -0.05) is 6.92 Å². The number of rotatable bonds is 4. The third-order valence-electron chi connectivity index (χ3n) is 3.14. The normalized spacial score (nSPS) is 21.9. The molecule has 0 aromatic carbocycles. The Hall–Kier alpha value is -1.15. The molecule has 8 heteroatoms. The lowest BCUT2D eigenvalue weighted by atomic mass is 10.3. The minimum Gasteiger partial charge on any atom is -0.353 e. The van der Waals surface area contributed by atoms with Crippen molar-refractivity contribution in [2.24, 2.45) is 4.99 Å². The summed E-state index contributed by atoms with van der Waals surface area (Å²) in [5.74, 6) is 1.07. The number of nitrogens with one attached hydrogen (secondary N) is 2. The quantitative estimate of drug-likeness (QED) is 0.626. The van der Waals surface area contributed by atoms with Crippen LogP contribution in [0, 0.1) is 0 Å². The Balaban J connectivity index is 1.84. The first-order valence-electron chi connectivity index (χ1n) is 6.63. The fourth-order valence-electron chi connectivity index (χ4n) is 2.06. The molecule has 0 saturated carbocycles. The maximum atomic E-state index is 11.4. The topological polar surface area (TPSA) is 83.4 Å². The number of aryl methyl sites for hydroxylation is 1. The summed E-state index contributed by atoms with van der Waals surface area (Å²) in [6.45, 7) is 2.67. The number of thiazole rings is 1. The number of sulfone groups is 1. The van der Waals surface area contributed by atoms with Crippen LogP contribution in [0.4, 0.5) is 0 Å². The van der Waals surface area contributed by atoms with Gasteiger partial charge in [-0.25, -0.2) is 13.4 Å². The molecule has 0 aliphatic carbocycles. The number of hydrogen-bond donors (Lipinski definition) is 2. The summed E-state index contributed by atoms with van der Waals surface area (Å²) in [5.41, 5.74) is 0.980. The van der Waals surface area contributed by atoms with Gasteiger partial charge in [-0.15, -0.1) is 11.3 Å². The molecule has 2 rings (SSSR count). The summed E-state index contributed by atoms with van der Waals surface area (Å²) in [6.07, 6.45) is 1.58. The molecule has 1 fully saturated rings. The van der Waals surface area contributed by atoms with Crippen LogP contribution < -0.4 is 10.6 Å². The molecule has 1 saturated heterocycles. The van der Waals surface area contributed by atoms with E-state index in [0.717, 1.165) is 17.1 Å². The van der Waals surface area contributed by atoms with Crippen LogP contribution in [-0.2, 0) is 22.8 Å². The summed E-state index contributed by atoms with van der Waals surface area (Å²) in [4.78, 5) is 8.58. The molecule has 2 heterocycles. The van der Waals surface area contributed by atoms with Crippen LogP contribution in [0.15, 0.2) is 10.4 Å². The van der Waals surface area contributed by atoms with Gasteiger partial charge in [-0.3, -0.25) is 4.99 Å². The van der Waals surface area contributed by atoms with Gasteiger partial charge in [0.1, 0.15) is 0 Å². The second-order valence-electron chi connectivity index (χ2n) is 4.76. The van der Waals surface area contributed by atoms with Gasteiger partial charge in [0, 0.05) is 18.5 Å². The van der Waals surface area contributed by atoms with Crippen molar-refractivity contribution >= 4 is 27.1 Å². The van der Waals surface area contributed by atoms with Crippen molar-refractivity contribution in [1.29, 1.82) is 0 Å². The van der Waals surface area contributed by atoms with E-state index in [-0.39, 0.29) is 17.5 Å². The maximum absolute atomic E-state index is 11.4. The average Bonchev–Trinajstić information content (AvgIpc) is 3.00. The smallest absolute Gasteiger partial charge is 0.191 e. The van der Waals surface area contributed by atoms with Crippen LogP contribution in [0.3, 0.4) is 0 Å². The van der Waals surface area contributed by atoms with Crippen LogP contribution in [0.2, 0.25) is 0 Å². The van der Waals surface area contributed by atoms with Crippen molar-refractivity contribution < 1.29 is 8.42 Å². The lowest BCUT2D eigenvalue weighted by molar-refractivity contribution is 0.599. The average molecular weight is 316 g/mol. The molecule has 0 amide bonds. The van der Waals surface area contributed by atoms with Gasteiger partial charge in [0.15, 0.2) is 15.8 Å². The van der Waals surface area contributed by atoms with Crippen LogP contribution in [0.1, 0.15) is 24.0 Å². The molecule has 20 heavy (non-hydrogen) atoms. The van der Waals surface area contributed by atoms with Gasteiger partial charge in [0.2, 0.25) is 0 Å². The van der Waals surface area contributed by atoms with Crippen molar-refractivity contribution in [2.45, 2.75) is 32.4 Å². The fourth-order valence-corrected chi connectivity index (χ4v) is 4.48. The van der Waals surface area contributed by atoms with Crippen LogP contribution >= 0.6 is 11.3 Å². The highest BCUT2D eigenvalue weighted by molar-refractivity contribution is 7.91. The minimum atomic E-state index is -2.87. The zero-order valence-electron chi connectivity index (χ0n) is 11.7. The highest BCUT2D eigenvalue weighted by Gasteiger charge is 2.28. The Morgan fingerprint density at radius 2 is 2.40 bits per heavy atom. The van der Waals surface area contributed by atoms with Gasteiger partial charge in [0.05, 0.1) is 28.8 Å². The molecule has 1 atom stereocenters. The van der Waals surface area contributed by atoms with E-state index in [4.69, 9.17) is 0 Å². The Bertz CT molecular complexity index is 580. The van der Waals surface area contributed by atoms with E-state index in [2.05, 4.69) is 27.5 Å². The van der Waals surface area contributed by atoms with Crippen molar-refractivity contribution in [2.75, 3.05) is 18.6 Å². The molecule has 112 valence electrons. The van der Waals surface area contributed by atoms with Gasteiger partial charge >= 0.3 is 0 Å². The molecule has 1 unspecified atom stereocenters. The van der Waals surface area contributed by atoms with E-state index in [1.54, 1.807) is 18.4 Å². The fraction of sp³-hybridized carbons (Fsp3) is 0.667. The Morgan fingerprint density at radius 3 is 2.95 bits per heavy atom. The number of aliphatic imine (C=N–C) groups is 1. The van der Waals surface area contributed by atoms with Gasteiger partial charge in [-0.2, -0.15) is 0 Å². The zero-order chi connectivity index (χ0) is 14.6. The lowest BCUT2D eigenvalue weighted by Gasteiger charge is -2.15. The summed E-state index contributed by atoms with van der Waals surface area (Å²) in [6, 6.07) is -0.0483. The van der Waals surface area contributed by atoms with Gasteiger partial charge < -0.3 is 10.6 Å². The largest absolute Gasteiger partial charge is 0.353 e. The van der Waals surface area contributed by atoms with E-state index in [1.165, 1.54) is 0 Å². The molecule has 1 aliphatic rings. The third kappa shape index (κ3) is 4.17. The third-order valence-corrected chi connectivity index (χ3v) is 5.95. The van der Waals surface area contributed by atoms with Crippen LogP contribution in [0.25, 0.3) is 0 Å². The molecular weight excluding hydrogens is 296 g/mol. The van der Waals surface area contributed by atoms with E-state index >= 15 is 0 Å². The number of guanidine groups is 1. The highest BCUT2D eigenvalue weighted by atomic mass is 32.2. The molecule has 2 N–H and O–H groups in total. The predicted octanol–water partition coefficient (Wildman–Crippen LogP) is 0.558. The van der Waals surface area contributed by atoms with Crippen LogP contribution in [-0.4, -0.2) is 44.0 Å². The monoisotopic (exact) mass is 316 g/mol. The molecule has 0 radical (unpaired) electrons. The second-order valence-corrected chi connectivity index (χ2v) is 7.93. The number of aromatic nitrogens is 1. The number of hydrogen-bond acceptors (Lipinski definition) is 5. The summed E-state index contributed by atoms with van der Waals surface area (Å²) in [7, 11) is -1.19. The molecule has 1 aliphatic heterocycles. The van der Waals surface area contributed by atoms with E-state index < -0.39 is 9.84 Å². The first kappa shape index (κ1) is 15.2. The molecule has 1 aromatic heterocycles. The first-order valence-corrected chi connectivity index (χ1v) is 9.33. The summed E-state index contributed by atoms with van der Waals surface area (Å²) < 4.78 is 22.8. The van der Waals surface area contributed by atoms with Crippen molar-refractivity contribution in [3.05, 3.63) is 16.1 Å². The highest BCUT2D eigenvalue weighted by Crippen LogP contribution is 2.11. The molecular formula is C12H20N4O2S2. The summed E-state index contributed by atoms with van der Waals surface area (Å²) >= 11 is 1.65. The molecule has 6 nitrogen and oxygen atoms in total. The standard InChI is InChI=1S/C12H20N4O2S2/c1-3-11-15-10(7-19-11)6-14-12(13-2)16-9-4-5-20(17,18)8-9/h7,9H,3-6,8H2,1-2H3,(H2,13,14,16). The van der Waals surface area contributed by atoms with Crippen molar-refractivity contribution in [3.63, 3.8) is 0 Å². The molecule has 1 aromatic rings. The van der Waals surface area contributed by atoms with Gasteiger partial charge in [-0.05, 0) is 12.8 Å². The zero-order valence-corrected chi connectivity index (χ0v) is 13.4. The maximum Gasteiger partial charge on any atom is 0.191 e. The van der Waals surface area contributed by atoms with E-state index in [9.17, 15) is 8.42 Å². The predicted molar refractivity (Wildman–Crippen MR) is 81.9 cm³/mol. The van der Waals surface area contributed by atoms with E-state index in [0.29, 0.717) is 18.9 Å². The lowest BCUT2D eigenvalue weighted by Crippen LogP contribution is -2.43. The Labute approximate surface area is 123 Å². The van der Waals surface area contributed by atoms with Crippen molar-refractivity contribution in [1.82, 2.24) is 15.6 Å². The number of nitrogens with zero attached hydrogens (tertiary/aromatic N) is 2. The first-order chi connectivity index (χ1) is 9.52. The van der Waals surface area contributed by atoms with Crippen LogP contribution in [0.5, 0.6) is 0 Å². The SMILES string of the molecule is CCc1nc(CNC(=NC)NC2CCS(=O)(=O)C2)cs1. The molecule has 0 spiro atoms. The van der Waals surface area contributed by atoms with E-state index in [1.807, 2.05) is 5.38 Å². The Kier molecular flexibility index (Phi) is 4.98. The molecule has 0 bridgehead atoms. The van der Waals surface area contributed by atoms with Gasteiger partial charge in [0.25, 0.3) is 0 Å². The summed E-state index contributed by atoms with van der Waals surface area (Å²) in [5, 5.41) is 9.46. The van der Waals surface area contributed by atoms with Crippen molar-refractivity contribution in [3.8, 4) is 0 Å². The second kappa shape index (κ2) is 6.53.